The van der Waals surface area contributed by atoms with Crippen molar-refractivity contribution in [3.05, 3.63) is 58.4 Å². The summed E-state index contributed by atoms with van der Waals surface area (Å²) in [6.07, 6.45) is 2.81. The first-order valence-electron chi connectivity index (χ1n) is 6.52. The molecule has 1 heterocycles. The van der Waals surface area contributed by atoms with Crippen LogP contribution < -0.4 is 5.32 Å². The monoisotopic (exact) mass is 288 g/mol. The minimum Gasteiger partial charge on any atom is -0.323 e. The molecule has 0 radical (unpaired) electrons. The van der Waals surface area contributed by atoms with E-state index in [4.69, 9.17) is 11.6 Å². The van der Waals surface area contributed by atoms with Crippen LogP contribution in [0.5, 0.6) is 0 Å². The predicted octanol–water partition coefficient (Wildman–Crippen LogP) is 3.92. The van der Waals surface area contributed by atoms with Gasteiger partial charge in [0, 0.05) is 12.6 Å². The van der Waals surface area contributed by atoms with Gasteiger partial charge >= 0.3 is 0 Å². The smallest absolute Gasteiger partial charge is 0.224 e. The van der Waals surface area contributed by atoms with Crippen molar-refractivity contribution >= 4 is 23.2 Å². The summed E-state index contributed by atoms with van der Waals surface area (Å²) < 4.78 is 0. The summed E-state index contributed by atoms with van der Waals surface area (Å²) in [5, 5.41) is 3.12. The maximum absolute atomic E-state index is 11.9. The van der Waals surface area contributed by atoms with E-state index in [2.05, 4.69) is 16.4 Å². The molecule has 1 aromatic heterocycles. The van der Waals surface area contributed by atoms with Crippen LogP contribution >= 0.6 is 11.6 Å². The Labute approximate surface area is 124 Å². The van der Waals surface area contributed by atoms with E-state index in [-0.39, 0.29) is 5.91 Å². The molecule has 2 rings (SSSR count). The second kappa shape index (κ2) is 6.53. The van der Waals surface area contributed by atoms with Crippen molar-refractivity contribution in [1.82, 2.24) is 4.98 Å². The molecule has 0 unspecified atom stereocenters. The zero-order valence-electron chi connectivity index (χ0n) is 11.6. The summed E-state index contributed by atoms with van der Waals surface area (Å²) >= 11 is 5.95. The Morgan fingerprint density at radius 1 is 1.25 bits per heavy atom. The molecule has 20 heavy (non-hydrogen) atoms. The number of aromatic nitrogens is 1. The first-order chi connectivity index (χ1) is 9.54. The Hall–Kier alpha value is -1.87. The number of benzene rings is 1. The Balaban J connectivity index is 1.94. The van der Waals surface area contributed by atoms with Crippen LogP contribution in [0, 0.1) is 13.8 Å². The number of rotatable bonds is 4. The number of halogens is 1. The van der Waals surface area contributed by atoms with Gasteiger partial charge in [0.25, 0.3) is 0 Å². The first kappa shape index (κ1) is 14.5. The molecular formula is C16H17ClN2O. The van der Waals surface area contributed by atoms with Crippen molar-refractivity contribution in [2.24, 2.45) is 0 Å². The molecule has 0 aliphatic carbocycles. The fourth-order valence-corrected chi connectivity index (χ4v) is 2.13. The van der Waals surface area contributed by atoms with Crippen LogP contribution in [0.15, 0.2) is 36.5 Å². The molecule has 0 aliphatic rings. The van der Waals surface area contributed by atoms with Gasteiger partial charge in [-0.2, -0.15) is 0 Å². The van der Waals surface area contributed by atoms with E-state index >= 15 is 0 Å². The van der Waals surface area contributed by atoms with Crippen LogP contribution in [-0.2, 0) is 11.2 Å². The third kappa shape index (κ3) is 4.07. The van der Waals surface area contributed by atoms with Gasteiger partial charge in [-0.1, -0.05) is 41.4 Å². The number of nitrogens with one attached hydrogen (secondary N) is 1. The second-order valence-electron chi connectivity index (χ2n) is 4.89. The topological polar surface area (TPSA) is 42.0 Å². The van der Waals surface area contributed by atoms with E-state index in [0.29, 0.717) is 23.7 Å². The van der Waals surface area contributed by atoms with E-state index < -0.39 is 0 Å². The van der Waals surface area contributed by atoms with Crippen LogP contribution in [-0.4, -0.2) is 10.9 Å². The minimum absolute atomic E-state index is 0.0548. The lowest BCUT2D eigenvalue weighted by Crippen LogP contribution is -2.13. The molecule has 0 aliphatic heterocycles. The molecule has 0 saturated heterocycles. The van der Waals surface area contributed by atoms with Crippen molar-refractivity contribution in [3.8, 4) is 0 Å². The van der Waals surface area contributed by atoms with E-state index in [1.54, 1.807) is 6.20 Å². The zero-order chi connectivity index (χ0) is 14.5. The number of anilines is 1. The standard InChI is InChI=1S/C16H17ClN2O/c1-11-4-3-5-13(8-11)6-7-15(20)19-14-9-12(2)10-18-16(14)17/h3-5,8-10H,6-7H2,1-2H3,(H,19,20). The maximum Gasteiger partial charge on any atom is 0.224 e. The first-order valence-corrected chi connectivity index (χ1v) is 6.90. The molecule has 0 atom stereocenters. The molecule has 1 N–H and O–H groups in total. The predicted molar refractivity (Wildman–Crippen MR) is 82.1 cm³/mol. The Morgan fingerprint density at radius 3 is 2.80 bits per heavy atom. The van der Waals surface area contributed by atoms with Crippen LogP contribution in [0.1, 0.15) is 23.1 Å². The summed E-state index contributed by atoms with van der Waals surface area (Å²) in [7, 11) is 0. The van der Waals surface area contributed by atoms with Gasteiger partial charge in [-0.25, -0.2) is 4.98 Å². The van der Waals surface area contributed by atoms with Crippen LogP contribution in [0.2, 0.25) is 5.15 Å². The zero-order valence-corrected chi connectivity index (χ0v) is 12.4. The highest BCUT2D eigenvalue weighted by atomic mass is 35.5. The lowest BCUT2D eigenvalue weighted by Gasteiger charge is -2.07. The number of carbonyl (C=O) groups is 1. The number of amides is 1. The Bertz CT molecular complexity index is 626. The molecule has 4 heteroatoms. The maximum atomic E-state index is 11.9. The van der Waals surface area contributed by atoms with Crippen LogP contribution in [0.3, 0.4) is 0 Å². The molecule has 0 saturated carbocycles. The highest BCUT2D eigenvalue weighted by molar-refractivity contribution is 6.32. The van der Waals surface area contributed by atoms with Gasteiger partial charge in [0.05, 0.1) is 5.69 Å². The number of hydrogen-bond acceptors (Lipinski definition) is 2. The molecule has 104 valence electrons. The second-order valence-corrected chi connectivity index (χ2v) is 5.25. The van der Waals surface area contributed by atoms with E-state index in [0.717, 1.165) is 11.1 Å². The van der Waals surface area contributed by atoms with Crippen LogP contribution in [0.25, 0.3) is 0 Å². The van der Waals surface area contributed by atoms with E-state index in [1.165, 1.54) is 5.56 Å². The van der Waals surface area contributed by atoms with Gasteiger partial charge in [-0.3, -0.25) is 4.79 Å². The SMILES string of the molecule is Cc1cccc(CCC(=O)Nc2cc(C)cnc2Cl)c1. The third-order valence-electron chi connectivity index (χ3n) is 2.97. The van der Waals surface area contributed by atoms with Gasteiger partial charge in [0.2, 0.25) is 5.91 Å². The summed E-state index contributed by atoms with van der Waals surface area (Å²) in [6, 6.07) is 9.99. The van der Waals surface area contributed by atoms with Gasteiger partial charge < -0.3 is 5.32 Å². The fourth-order valence-electron chi connectivity index (χ4n) is 1.98. The van der Waals surface area contributed by atoms with Crippen molar-refractivity contribution in [2.45, 2.75) is 26.7 Å². The summed E-state index contributed by atoms with van der Waals surface area (Å²) in [5.41, 5.74) is 3.90. The van der Waals surface area contributed by atoms with Crippen molar-refractivity contribution in [1.29, 1.82) is 0 Å². The van der Waals surface area contributed by atoms with Gasteiger partial charge in [-0.05, 0) is 37.5 Å². The van der Waals surface area contributed by atoms with Gasteiger partial charge in [0.15, 0.2) is 5.15 Å². The summed E-state index contributed by atoms with van der Waals surface area (Å²) in [6.45, 7) is 3.95. The Kier molecular flexibility index (Phi) is 4.74. The largest absolute Gasteiger partial charge is 0.323 e. The number of aryl methyl sites for hydroxylation is 3. The highest BCUT2D eigenvalue weighted by Gasteiger charge is 2.07. The van der Waals surface area contributed by atoms with Gasteiger partial charge in [-0.15, -0.1) is 0 Å². The third-order valence-corrected chi connectivity index (χ3v) is 3.27. The van der Waals surface area contributed by atoms with E-state index in [9.17, 15) is 4.79 Å². The lowest BCUT2D eigenvalue weighted by atomic mass is 10.1. The Morgan fingerprint density at radius 2 is 2.05 bits per heavy atom. The highest BCUT2D eigenvalue weighted by Crippen LogP contribution is 2.20. The molecule has 0 spiro atoms. The molecule has 3 nitrogen and oxygen atoms in total. The molecule has 0 bridgehead atoms. The molecule has 1 amide bonds. The van der Waals surface area contributed by atoms with Crippen molar-refractivity contribution < 1.29 is 4.79 Å². The summed E-state index contributed by atoms with van der Waals surface area (Å²) in [5.74, 6) is -0.0548. The van der Waals surface area contributed by atoms with Crippen LogP contribution in [0.4, 0.5) is 5.69 Å². The minimum atomic E-state index is -0.0548. The van der Waals surface area contributed by atoms with Gasteiger partial charge in [0.1, 0.15) is 0 Å². The molecule has 0 fully saturated rings. The quantitative estimate of drug-likeness (QED) is 0.866. The van der Waals surface area contributed by atoms with Crippen molar-refractivity contribution in [2.75, 3.05) is 5.32 Å². The normalized spacial score (nSPS) is 10.3. The van der Waals surface area contributed by atoms with Crippen molar-refractivity contribution in [3.63, 3.8) is 0 Å². The number of hydrogen-bond donors (Lipinski definition) is 1. The molecular weight excluding hydrogens is 272 g/mol. The average molecular weight is 289 g/mol. The van der Waals surface area contributed by atoms with E-state index in [1.807, 2.05) is 38.1 Å². The summed E-state index contributed by atoms with van der Waals surface area (Å²) in [4.78, 5) is 15.9. The fraction of sp³-hybridized carbons (Fsp3) is 0.250. The molecule has 1 aromatic carbocycles. The lowest BCUT2D eigenvalue weighted by molar-refractivity contribution is -0.116. The molecule has 2 aromatic rings. The number of nitrogens with zero attached hydrogens (tertiary/aromatic N) is 1. The number of carbonyl (C=O) groups excluding carboxylic acids is 1. The average Bonchev–Trinajstić information content (AvgIpc) is 2.41. The number of pyridine rings is 1.